The molecular formula is C24H22F3NO4. The molecule has 0 aliphatic rings. The molecule has 0 amide bonds. The maximum atomic E-state index is 12.7. The Balaban J connectivity index is 1.63. The van der Waals surface area contributed by atoms with Gasteiger partial charge in [0.15, 0.2) is 5.60 Å². The Hall–Kier alpha value is -3.55. The van der Waals surface area contributed by atoms with Crippen LogP contribution < -0.4 is 9.47 Å². The molecule has 1 N–H and O–H groups in total. The van der Waals surface area contributed by atoms with Gasteiger partial charge >= 0.3 is 12.1 Å². The van der Waals surface area contributed by atoms with Crippen molar-refractivity contribution in [2.45, 2.75) is 39.2 Å². The molecular weight excluding hydrogens is 423 g/mol. The second-order valence-electron chi connectivity index (χ2n) is 7.76. The molecule has 0 radical (unpaired) electrons. The number of carboxylic acid groups (broad SMARTS) is 1. The SMILES string of the molecule is Cc1cc(OCc2ccc(-c3ccc(C(F)(F)F)cc3)nc2)ccc1OC(C)(C)C(=O)O. The molecule has 1 aromatic heterocycles. The summed E-state index contributed by atoms with van der Waals surface area (Å²) in [5, 5.41) is 9.19. The van der Waals surface area contributed by atoms with E-state index in [2.05, 4.69) is 4.98 Å². The van der Waals surface area contributed by atoms with E-state index in [-0.39, 0.29) is 6.61 Å². The molecule has 0 fully saturated rings. The van der Waals surface area contributed by atoms with Gasteiger partial charge in [-0.15, -0.1) is 0 Å². The number of aromatic nitrogens is 1. The lowest BCUT2D eigenvalue weighted by Crippen LogP contribution is -2.38. The number of hydrogen-bond donors (Lipinski definition) is 1. The maximum Gasteiger partial charge on any atom is 0.416 e. The molecule has 2 aromatic carbocycles. The summed E-state index contributed by atoms with van der Waals surface area (Å²) in [6, 6.07) is 13.4. The van der Waals surface area contributed by atoms with Crippen molar-refractivity contribution in [2.24, 2.45) is 0 Å². The molecule has 0 spiro atoms. The van der Waals surface area contributed by atoms with Crippen molar-refractivity contribution in [3.63, 3.8) is 0 Å². The highest BCUT2D eigenvalue weighted by Gasteiger charge is 2.30. The fraction of sp³-hybridized carbons (Fsp3) is 0.250. The number of rotatable bonds is 7. The van der Waals surface area contributed by atoms with Gasteiger partial charge in [-0.05, 0) is 62.7 Å². The van der Waals surface area contributed by atoms with Crippen LogP contribution in [0.4, 0.5) is 13.2 Å². The number of pyridine rings is 1. The Morgan fingerprint density at radius 3 is 2.25 bits per heavy atom. The van der Waals surface area contributed by atoms with Gasteiger partial charge in [0.25, 0.3) is 0 Å². The number of hydrogen-bond acceptors (Lipinski definition) is 4. The summed E-state index contributed by atoms with van der Waals surface area (Å²) >= 11 is 0. The number of halogens is 3. The van der Waals surface area contributed by atoms with Gasteiger partial charge in [-0.25, -0.2) is 4.79 Å². The summed E-state index contributed by atoms with van der Waals surface area (Å²) in [5.74, 6) is -0.0356. The van der Waals surface area contributed by atoms with E-state index in [1.54, 1.807) is 43.5 Å². The van der Waals surface area contributed by atoms with Crippen molar-refractivity contribution in [2.75, 3.05) is 0 Å². The largest absolute Gasteiger partial charge is 0.489 e. The van der Waals surface area contributed by atoms with E-state index in [0.29, 0.717) is 22.8 Å². The molecule has 0 saturated carbocycles. The molecule has 0 saturated heterocycles. The van der Waals surface area contributed by atoms with Crippen LogP contribution in [0.25, 0.3) is 11.3 Å². The molecule has 0 aliphatic heterocycles. The molecule has 0 unspecified atom stereocenters. The van der Waals surface area contributed by atoms with Crippen LogP contribution in [0.3, 0.4) is 0 Å². The molecule has 3 aromatic rings. The molecule has 0 aliphatic carbocycles. The number of aryl methyl sites for hydroxylation is 1. The predicted molar refractivity (Wildman–Crippen MR) is 113 cm³/mol. The van der Waals surface area contributed by atoms with Gasteiger partial charge in [-0.3, -0.25) is 4.98 Å². The van der Waals surface area contributed by atoms with Crippen molar-refractivity contribution >= 4 is 5.97 Å². The van der Waals surface area contributed by atoms with Gasteiger partial charge < -0.3 is 14.6 Å². The zero-order valence-electron chi connectivity index (χ0n) is 17.7. The fourth-order valence-electron chi connectivity index (χ4n) is 2.82. The predicted octanol–water partition coefficient (Wildman–Crippen LogP) is 5.90. The van der Waals surface area contributed by atoms with Gasteiger partial charge in [0.1, 0.15) is 18.1 Å². The lowest BCUT2D eigenvalue weighted by Gasteiger charge is -2.23. The van der Waals surface area contributed by atoms with Crippen molar-refractivity contribution in [3.05, 3.63) is 77.5 Å². The highest BCUT2D eigenvalue weighted by molar-refractivity contribution is 5.76. The minimum Gasteiger partial charge on any atom is -0.489 e. The van der Waals surface area contributed by atoms with Crippen LogP contribution in [0.2, 0.25) is 0 Å². The van der Waals surface area contributed by atoms with E-state index in [1.165, 1.54) is 26.0 Å². The third-order valence-corrected chi connectivity index (χ3v) is 4.76. The number of alkyl halides is 3. The van der Waals surface area contributed by atoms with Crippen molar-refractivity contribution < 1.29 is 32.5 Å². The van der Waals surface area contributed by atoms with Crippen LogP contribution in [0, 0.1) is 6.92 Å². The van der Waals surface area contributed by atoms with Gasteiger partial charge in [0.2, 0.25) is 0 Å². The highest BCUT2D eigenvalue weighted by atomic mass is 19.4. The van der Waals surface area contributed by atoms with E-state index in [9.17, 15) is 23.1 Å². The third kappa shape index (κ3) is 5.57. The monoisotopic (exact) mass is 445 g/mol. The van der Waals surface area contributed by atoms with Gasteiger partial charge in [-0.2, -0.15) is 13.2 Å². The second kappa shape index (κ2) is 8.90. The van der Waals surface area contributed by atoms with E-state index < -0.39 is 23.3 Å². The topological polar surface area (TPSA) is 68.7 Å². The number of carboxylic acids is 1. The van der Waals surface area contributed by atoms with Crippen LogP contribution in [-0.4, -0.2) is 21.7 Å². The smallest absolute Gasteiger partial charge is 0.416 e. The Kier molecular flexibility index (Phi) is 6.43. The highest BCUT2D eigenvalue weighted by Crippen LogP contribution is 2.31. The van der Waals surface area contributed by atoms with E-state index in [4.69, 9.17) is 9.47 Å². The Morgan fingerprint density at radius 2 is 1.72 bits per heavy atom. The average Bonchev–Trinajstić information content (AvgIpc) is 2.74. The molecule has 8 heteroatoms. The lowest BCUT2D eigenvalue weighted by atomic mass is 10.1. The maximum absolute atomic E-state index is 12.7. The number of ether oxygens (including phenoxy) is 2. The van der Waals surface area contributed by atoms with E-state index in [1.807, 2.05) is 0 Å². The summed E-state index contributed by atoms with van der Waals surface area (Å²) < 4.78 is 49.4. The number of aliphatic carboxylic acids is 1. The normalized spacial score (nSPS) is 11.8. The van der Waals surface area contributed by atoms with Crippen LogP contribution in [0.1, 0.15) is 30.5 Å². The molecule has 5 nitrogen and oxygen atoms in total. The molecule has 1 heterocycles. The Bertz CT molecular complexity index is 1090. The number of benzene rings is 2. The number of nitrogens with zero attached hydrogens (tertiary/aromatic N) is 1. The van der Waals surface area contributed by atoms with Crippen LogP contribution in [-0.2, 0) is 17.6 Å². The summed E-state index contributed by atoms with van der Waals surface area (Å²) in [6.45, 7) is 4.97. The van der Waals surface area contributed by atoms with Crippen LogP contribution in [0.15, 0.2) is 60.8 Å². The van der Waals surface area contributed by atoms with E-state index >= 15 is 0 Å². The summed E-state index contributed by atoms with van der Waals surface area (Å²) in [7, 11) is 0. The van der Waals surface area contributed by atoms with Crippen LogP contribution in [0.5, 0.6) is 11.5 Å². The van der Waals surface area contributed by atoms with Gasteiger partial charge in [-0.1, -0.05) is 18.2 Å². The van der Waals surface area contributed by atoms with Crippen molar-refractivity contribution in [1.29, 1.82) is 0 Å². The molecule has 32 heavy (non-hydrogen) atoms. The minimum absolute atomic E-state index is 0.237. The number of carbonyl (C=O) groups is 1. The van der Waals surface area contributed by atoms with Gasteiger partial charge in [0.05, 0.1) is 11.3 Å². The second-order valence-corrected chi connectivity index (χ2v) is 7.76. The summed E-state index contributed by atoms with van der Waals surface area (Å²) in [6.07, 6.45) is -2.77. The third-order valence-electron chi connectivity index (χ3n) is 4.76. The lowest BCUT2D eigenvalue weighted by molar-refractivity contribution is -0.152. The first-order valence-corrected chi connectivity index (χ1v) is 9.74. The Labute approximate surface area is 183 Å². The molecule has 3 rings (SSSR count). The molecule has 0 atom stereocenters. The average molecular weight is 445 g/mol. The molecule has 0 bridgehead atoms. The van der Waals surface area contributed by atoms with Crippen molar-refractivity contribution in [1.82, 2.24) is 4.98 Å². The first-order chi connectivity index (χ1) is 15.0. The first kappa shape index (κ1) is 23.1. The summed E-state index contributed by atoms with van der Waals surface area (Å²) in [4.78, 5) is 15.5. The quantitative estimate of drug-likeness (QED) is 0.491. The summed E-state index contributed by atoms with van der Waals surface area (Å²) in [5.41, 5.74) is 0.595. The minimum atomic E-state index is -4.37. The van der Waals surface area contributed by atoms with Crippen LogP contribution >= 0.6 is 0 Å². The van der Waals surface area contributed by atoms with E-state index in [0.717, 1.165) is 23.3 Å². The fourth-order valence-corrected chi connectivity index (χ4v) is 2.82. The Morgan fingerprint density at radius 1 is 1.03 bits per heavy atom. The standard InChI is InChI=1S/C24H22F3NO4/c1-15-12-19(9-11-21(15)32-23(2,3)22(29)30)31-14-16-4-10-20(28-13-16)17-5-7-18(8-6-17)24(25,26)27/h4-13H,14H2,1-3H3,(H,29,30). The zero-order chi connectivity index (χ0) is 23.5. The molecule has 168 valence electrons. The first-order valence-electron chi connectivity index (χ1n) is 9.74. The van der Waals surface area contributed by atoms with Crippen molar-refractivity contribution in [3.8, 4) is 22.8 Å². The zero-order valence-corrected chi connectivity index (χ0v) is 17.7. The van der Waals surface area contributed by atoms with Gasteiger partial charge in [0, 0.05) is 17.3 Å².